The Labute approximate surface area is 83.2 Å². The van der Waals surface area contributed by atoms with Crippen LogP contribution in [0.15, 0.2) is 0 Å². The first kappa shape index (κ1) is 9.02. The summed E-state index contributed by atoms with van der Waals surface area (Å²) in [4.78, 5) is 0. The van der Waals surface area contributed by atoms with Crippen LogP contribution in [0.25, 0.3) is 0 Å². The molecule has 0 radical (unpaired) electrons. The summed E-state index contributed by atoms with van der Waals surface area (Å²) in [6.07, 6.45) is 0.500. The fourth-order valence-corrected chi connectivity index (χ4v) is 0. The fraction of sp³-hybridized carbons (Fsp3) is 0. The van der Waals surface area contributed by atoms with Crippen LogP contribution < -0.4 is 74.0 Å². The number of hydrogen-bond acceptors (Lipinski definition) is 2. The molecule has 0 unspecified atom stereocenters. The quantitative estimate of drug-likeness (QED) is 0.350. The second-order valence-electron chi connectivity index (χ2n) is 0.0913. The van der Waals surface area contributed by atoms with E-state index < -0.39 is 0 Å². The maximum absolute atomic E-state index is 8.24. The van der Waals surface area contributed by atoms with E-state index in [1.807, 2.05) is 0 Å². The topological polar surface area (TPSA) is 46.8 Å². The second kappa shape index (κ2) is 8.84. The average molecular weight is 175 g/mol. The monoisotopic (exact) mass is 175 g/mol. The van der Waals surface area contributed by atoms with Gasteiger partial charge in [-0.1, -0.05) is 0 Å². The predicted molar refractivity (Wildman–Crippen MR) is 5.61 cm³/mol. The van der Waals surface area contributed by atoms with Gasteiger partial charge in [0.05, 0.1) is 0 Å². The van der Waals surface area contributed by atoms with Crippen molar-refractivity contribution in [3.8, 4) is 6.26 Å². The van der Waals surface area contributed by atoms with Crippen molar-refractivity contribution in [1.82, 2.24) is 0 Å². The third kappa shape index (κ3) is 10.2. The Hall–Kier alpha value is 1.34. The van der Waals surface area contributed by atoms with Gasteiger partial charge in [-0.25, -0.2) is 5.26 Å². The van der Waals surface area contributed by atoms with Crippen molar-refractivity contribution in [2.45, 2.75) is 0 Å². The summed E-state index contributed by atoms with van der Waals surface area (Å²) in [5.41, 5.74) is 0. The molecule has 0 atom stereocenters. The van der Waals surface area contributed by atoms with Crippen molar-refractivity contribution >= 4 is 0 Å². The SMILES string of the molecule is N#C[O-].[Cs+]. The molecule has 0 aromatic carbocycles. The molecule has 0 aliphatic carbocycles. The minimum atomic E-state index is 0. The van der Waals surface area contributed by atoms with E-state index in [9.17, 15) is 0 Å². The molecule has 0 amide bonds. The van der Waals surface area contributed by atoms with Crippen LogP contribution in [0.1, 0.15) is 0 Å². The Balaban J connectivity index is 0. The molecule has 0 saturated carbocycles. The number of nitrogens with zero attached hydrogens (tertiary/aromatic N) is 1. The summed E-state index contributed by atoms with van der Waals surface area (Å²) in [7, 11) is 0. The van der Waals surface area contributed by atoms with E-state index in [2.05, 4.69) is 0 Å². The van der Waals surface area contributed by atoms with Crippen LogP contribution in [-0.4, -0.2) is 0 Å². The summed E-state index contributed by atoms with van der Waals surface area (Å²) < 4.78 is 0. The Morgan fingerprint density at radius 2 is 1.75 bits per heavy atom. The van der Waals surface area contributed by atoms with Gasteiger partial charge < -0.3 is 5.11 Å². The summed E-state index contributed by atoms with van der Waals surface area (Å²) in [6, 6.07) is 0. The van der Waals surface area contributed by atoms with Gasteiger partial charge in [-0.05, 0) is 0 Å². The van der Waals surface area contributed by atoms with Gasteiger partial charge in [0.15, 0.2) is 0 Å². The van der Waals surface area contributed by atoms with Crippen molar-refractivity contribution in [2.75, 3.05) is 0 Å². The molecular weight excluding hydrogens is 175 g/mol. The molecule has 2 nitrogen and oxygen atoms in total. The predicted octanol–water partition coefficient (Wildman–Crippen LogP) is -4.17. The van der Waals surface area contributed by atoms with E-state index in [4.69, 9.17) is 10.4 Å². The van der Waals surface area contributed by atoms with Gasteiger partial charge in [0.2, 0.25) is 0 Å². The largest absolute Gasteiger partial charge is 1.00 e. The first-order valence-corrected chi connectivity index (χ1v) is 0.428. The molecule has 0 aromatic rings. The van der Waals surface area contributed by atoms with Gasteiger partial charge in [-0.2, -0.15) is 0 Å². The van der Waals surface area contributed by atoms with E-state index in [0.717, 1.165) is 0 Å². The van der Waals surface area contributed by atoms with Crippen molar-refractivity contribution in [1.29, 1.82) is 5.26 Å². The summed E-state index contributed by atoms with van der Waals surface area (Å²) in [5.74, 6) is 0. The number of rotatable bonds is 0. The van der Waals surface area contributed by atoms with Gasteiger partial charge in [0, 0.05) is 6.26 Å². The Morgan fingerprint density at radius 3 is 1.75 bits per heavy atom. The van der Waals surface area contributed by atoms with Gasteiger partial charge >= 0.3 is 68.9 Å². The molecule has 0 aliphatic rings. The molecule has 4 heavy (non-hydrogen) atoms. The standard InChI is InChI=1S/CHNO.Cs/c2-1-3;/h3H;/q;+1/p-1. The molecule has 0 N–H and O–H groups in total. The van der Waals surface area contributed by atoms with Gasteiger partial charge in [0.25, 0.3) is 0 Å². The minimum absolute atomic E-state index is 0. The van der Waals surface area contributed by atoms with E-state index in [1.54, 1.807) is 0 Å². The van der Waals surface area contributed by atoms with Crippen LogP contribution in [-0.2, 0) is 0 Å². The van der Waals surface area contributed by atoms with Crippen LogP contribution in [0.3, 0.4) is 0 Å². The molecule has 3 heteroatoms. The Bertz CT molecular complexity index is 29.5. The number of nitriles is 1. The molecule has 0 rings (SSSR count). The molecular formula is CCsNO. The van der Waals surface area contributed by atoms with Crippen LogP contribution in [0.2, 0.25) is 0 Å². The normalized spacial score (nSPS) is 1.75. The van der Waals surface area contributed by atoms with E-state index in [-0.39, 0.29) is 68.9 Å². The first-order chi connectivity index (χ1) is 1.41. The molecule has 0 saturated heterocycles. The molecule has 0 heterocycles. The van der Waals surface area contributed by atoms with Crippen molar-refractivity contribution < 1.29 is 74.0 Å². The van der Waals surface area contributed by atoms with Gasteiger partial charge in [0.1, 0.15) is 0 Å². The maximum Gasteiger partial charge on any atom is 1.00 e. The summed E-state index contributed by atoms with van der Waals surface area (Å²) >= 11 is 0. The summed E-state index contributed by atoms with van der Waals surface area (Å²) in [5, 5.41) is 15.0. The smallest absolute Gasteiger partial charge is 0.812 e. The molecule has 16 valence electrons. The number of hydrogen-bond donors (Lipinski definition) is 0. The molecule has 0 bridgehead atoms. The molecule has 0 aliphatic heterocycles. The van der Waals surface area contributed by atoms with Crippen molar-refractivity contribution in [2.24, 2.45) is 0 Å². The summed E-state index contributed by atoms with van der Waals surface area (Å²) in [6.45, 7) is 0. The van der Waals surface area contributed by atoms with E-state index in [1.165, 1.54) is 0 Å². The van der Waals surface area contributed by atoms with Gasteiger partial charge in [-0.3, -0.25) is 0 Å². The zero-order valence-corrected chi connectivity index (χ0v) is 8.64. The fourth-order valence-electron chi connectivity index (χ4n) is 0. The zero-order chi connectivity index (χ0) is 2.71. The van der Waals surface area contributed by atoms with Gasteiger partial charge in [-0.15, -0.1) is 0 Å². The minimum Gasteiger partial charge on any atom is -0.812 e. The average Bonchev–Trinajstić information content (AvgIpc) is 0.918. The Morgan fingerprint density at radius 1 is 1.75 bits per heavy atom. The van der Waals surface area contributed by atoms with Crippen LogP contribution in [0.5, 0.6) is 0 Å². The van der Waals surface area contributed by atoms with Crippen LogP contribution in [0.4, 0.5) is 0 Å². The van der Waals surface area contributed by atoms with E-state index >= 15 is 0 Å². The molecule has 0 fully saturated rings. The third-order valence-electron chi connectivity index (χ3n) is 0. The van der Waals surface area contributed by atoms with Crippen LogP contribution >= 0.6 is 0 Å². The van der Waals surface area contributed by atoms with Crippen molar-refractivity contribution in [3.05, 3.63) is 0 Å². The Kier molecular flexibility index (Phi) is 19.9. The van der Waals surface area contributed by atoms with Crippen LogP contribution in [0, 0.1) is 11.5 Å². The van der Waals surface area contributed by atoms with Crippen molar-refractivity contribution in [3.63, 3.8) is 0 Å². The molecule has 0 spiro atoms. The third-order valence-corrected chi connectivity index (χ3v) is 0. The second-order valence-corrected chi connectivity index (χ2v) is 0.0913. The van der Waals surface area contributed by atoms with E-state index in [0.29, 0.717) is 6.26 Å². The first-order valence-electron chi connectivity index (χ1n) is 0.428. The zero-order valence-electron chi connectivity index (χ0n) is 2.36. The maximum atomic E-state index is 8.24. The molecule has 0 aromatic heterocycles.